The van der Waals surface area contributed by atoms with Gasteiger partial charge in [-0.05, 0) is 40.5 Å². The predicted molar refractivity (Wildman–Crippen MR) is 70.1 cm³/mol. The van der Waals surface area contributed by atoms with E-state index in [9.17, 15) is 8.42 Å². The highest BCUT2D eigenvalue weighted by atomic mass is 79.9. The summed E-state index contributed by atoms with van der Waals surface area (Å²) in [5, 5.41) is 0. The Hall–Kier alpha value is -0.590. The molecule has 0 saturated carbocycles. The van der Waals surface area contributed by atoms with Gasteiger partial charge in [-0.2, -0.15) is 0 Å². The molecule has 0 heterocycles. The Morgan fingerprint density at radius 1 is 1.44 bits per heavy atom. The van der Waals surface area contributed by atoms with Crippen LogP contribution in [0.15, 0.2) is 22.7 Å². The molecule has 2 N–H and O–H groups in total. The molecule has 0 bridgehead atoms. The van der Waals surface area contributed by atoms with Crippen molar-refractivity contribution in [1.29, 1.82) is 0 Å². The van der Waals surface area contributed by atoms with Gasteiger partial charge in [0.2, 0.25) is 10.0 Å². The summed E-state index contributed by atoms with van der Waals surface area (Å²) in [6.07, 6.45) is 0. The molecule has 0 saturated heterocycles. The molecule has 0 amide bonds. The normalized spacial score (nSPS) is 11.5. The smallest absolute Gasteiger partial charge is 0.236 e. The lowest BCUT2D eigenvalue weighted by atomic mass is 10.2. The fraction of sp³-hybridized carbons (Fsp3) is 0.400. The summed E-state index contributed by atoms with van der Waals surface area (Å²) >= 11 is 3.35. The molecule has 1 aromatic carbocycles. The van der Waals surface area contributed by atoms with Crippen LogP contribution in [-0.2, 0) is 10.0 Å². The maximum absolute atomic E-state index is 11.8. The van der Waals surface area contributed by atoms with Crippen molar-refractivity contribution in [3.8, 4) is 0 Å². The molecule has 0 spiro atoms. The van der Waals surface area contributed by atoms with E-state index in [2.05, 4.69) is 15.9 Å². The van der Waals surface area contributed by atoms with E-state index in [0.717, 1.165) is 10.0 Å². The fourth-order valence-corrected chi connectivity index (χ4v) is 3.21. The molecule has 0 aliphatic carbocycles. The summed E-state index contributed by atoms with van der Waals surface area (Å²) in [6, 6.07) is 5.52. The summed E-state index contributed by atoms with van der Waals surface area (Å²) in [7, 11) is -1.79. The molecule has 1 rings (SSSR count). The van der Waals surface area contributed by atoms with Crippen molar-refractivity contribution in [3.63, 3.8) is 0 Å². The number of rotatable bonds is 4. The summed E-state index contributed by atoms with van der Waals surface area (Å²) in [5.74, 6) is -0.0518. The molecule has 0 fully saturated rings. The SMILES string of the molecule is Cc1ccc(N(C)S(=O)(=O)CCN)c(Br)c1. The molecule has 90 valence electrons. The Kier molecular flexibility index (Phi) is 4.35. The summed E-state index contributed by atoms with van der Waals surface area (Å²) in [6.45, 7) is 2.07. The molecule has 0 unspecified atom stereocenters. The monoisotopic (exact) mass is 306 g/mol. The van der Waals surface area contributed by atoms with Gasteiger partial charge in [0.25, 0.3) is 0 Å². The number of anilines is 1. The van der Waals surface area contributed by atoms with Gasteiger partial charge in [0.1, 0.15) is 0 Å². The molecule has 0 aliphatic heterocycles. The van der Waals surface area contributed by atoms with Crippen LogP contribution in [0.5, 0.6) is 0 Å². The minimum atomic E-state index is -3.32. The van der Waals surface area contributed by atoms with E-state index >= 15 is 0 Å². The van der Waals surface area contributed by atoms with E-state index in [0.29, 0.717) is 5.69 Å². The van der Waals surface area contributed by atoms with Gasteiger partial charge in [-0.15, -0.1) is 0 Å². The zero-order chi connectivity index (χ0) is 12.3. The van der Waals surface area contributed by atoms with Crippen molar-refractivity contribution in [3.05, 3.63) is 28.2 Å². The van der Waals surface area contributed by atoms with Gasteiger partial charge in [0.05, 0.1) is 11.4 Å². The first kappa shape index (κ1) is 13.5. The number of sulfonamides is 1. The number of nitrogens with zero attached hydrogens (tertiary/aromatic N) is 1. The van der Waals surface area contributed by atoms with Crippen LogP contribution in [0.4, 0.5) is 5.69 Å². The first-order chi connectivity index (χ1) is 7.38. The topological polar surface area (TPSA) is 63.4 Å². The summed E-state index contributed by atoms with van der Waals surface area (Å²) < 4.78 is 25.6. The van der Waals surface area contributed by atoms with Crippen LogP contribution in [0.25, 0.3) is 0 Å². The third kappa shape index (κ3) is 2.96. The largest absolute Gasteiger partial charge is 0.329 e. The molecule has 0 aromatic heterocycles. The maximum Gasteiger partial charge on any atom is 0.236 e. The van der Waals surface area contributed by atoms with E-state index in [1.165, 1.54) is 11.4 Å². The molecule has 0 atom stereocenters. The molecule has 16 heavy (non-hydrogen) atoms. The quantitative estimate of drug-likeness (QED) is 0.916. The number of benzene rings is 1. The number of nitrogens with two attached hydrogens (primary N) is 1. The number of hydrogen-bond donors (Lipinski definition) is 1. The molecule has 0 radical (unpaired) electrons. The van der Waals surface area contributed by atoms with Crippen LogP contribution in [0.3, 0.4) is 0 Å². The second kappa shape index (κ2) is 5.16. The Morgan fingerprint density at radius 3 is 2.56 bits per heavy atom. The lowest BCUT2D eigenvalue weighted by molar-refractivity contribution is 0.594. The van der Waals surface area contributed by atoms with Crippen molar-refractivity contribution in [2.24, 2.45) is 5.73 Å². The number of hydrogen-bond acceptors (Lipinski definition) is 3. The molecular weight excluding hydrogens is 292 g/mol. The zero-order valence-corrected chi connectivity index (χ0v) is 11.7. The van der Waals surface area contributed by atoms with Gasteiger partial charge < -0.3 is 5.73 Å². The molecular formula is C10H15BrN2O2S. The second-order valence-electron chi connectivity index (χ2n) is 3.53. The Labute approximate surface area is 105 Å². The lowest BCUT2D eigenvalue weighted by Gasteiger charge is -2.20. The minimum Gasteiger partial charge on any atom is -0.329 e. The van der Waals surface area contributed by atoms with Crippen LogP contribution in [-0.4, -0.2) is 27.8 Å². The Bertz CT molecular complexity index is 474. The third-order valence-electron chi connectivity index (χ3n) is 2.24. The molecule has 6 heteroatoms. The average Bonchev–Trinajstić information content (AvgIpc) is 2.16. The van der Waals surface area contributed by atoms with Gasteiger partial charge in [-0.3, -0.25) is 4.31 Å². The van der Waals surface area contributed by atoms with Crippen molar-refractivity contribution in [1.82, 2.24) is 0 Å². The summed E-state index contributed by atoms with van der Waals surface area (Å²) in [4.78, 5) is 0. The van der Waals surface area contributed by atoms with Crippen LogP contribution in [0.2, 0.25) is 0 Å². The van der Waals surface area contributed by atoms with Crippen molar-refractivity contribution >= 4 is 31.6 Å². The third-order valence-corrected chi connectivity index (χ3v) is 4.65. The lowest BCUT2D eigenvalue weighted by Crippen LogP contribution is -2.32. The van der Waals surface area contributed by atoms with Gasteiger partial charge in [-0.25, -0.2) is 8.42 Å². The Balaban J connectivity index is 3.10. The van der Waals surface area contributed by atoms with Gasteiger partial charge in [-0.1, -0.05) is 6.07 Å². The van der Waals surface area contributed by atoms with Crippen molar-refractivity contribution in [2.75, 3.05) is 23.7 Å². The summed E-state index contributed by atoms with van der Waals surface area (Å²) in [5.41, 5.74) is 6.97. The van der Waals surface area contributed by atoms with Crippen LogP contribution < -0.4 is 10.0 Å². The highest BCUT2D eigenvalue weighted by Gasteiger charge is 2.19. The van der Waals surface area contributed by atoms with Crippen molar-refractivity contribution in [2.45, 2.75) is 6.92 Å². The van der Waals surface area contributed by atoms with Gasteiger partial charge in [0.15, 0.2) is 0 Å². The average molecular weight is 307 g/mol. The zero-order valence-electron chi connectivity index (χ0n) is 9.27. The van der Waals surface area contributed by atoms with E-state index in [1.54, 1.807) is 6.07 Å². The highest BCUT2D eigenvalue weighted by molar-refractivity contribution is 9.10. The molecule has 0 aliphatic rings. The van der Waals surface area contributed by atoms with E-state index < -0.39 is 10.0 Å². The van der Waals surface area contributed by atoms with E-state index in [1.807, 2.05) is 19.1 Å². The van der Waals surface area contributed by atoms with Crippen LogP contribution in [0, 0.1) is 6.92 Å². The van der Waals surface area contributed by atoms with Crippen molar-refractivity contribution < 1.29 is 8.42 Å². The van der Waals surface area contributed by atoms with Crippen LogP contribution >= 0.6 is 15.9 Å². The van der Waals surface area contributed by atoms with E-state index in [-0.39, 0.29) is 12.3 Å². The molecule has 4 nitrogen and oxygen atoms in total. The highest BCUT2D eigenvalue weighted by Crippen LogP contribution is 2.28. The second-order valence-corrected chi connectivity index (χ2v) is 6.50. The van der Waals surface area contributed by atoms with Crippen LogP contribution in [0.1, 0.15) is 5.56 Å². The van der Waals surface area contributed by atoms with Gasteiger partial charge in [0, 0.05) is 18.1 Å². The van der Waals surface area contributed by atoms with E-state index in [4.69, 9.17) is 5.73 Å². The standard InChI is InChI=1S/C10H15BrN2O2S/c1-8-3-4-10(9(11)7-8)13(2)16(14,15)6-5-12/h3-4,7H,5-6,12H2,1-2H3. The maximum atomic E-state index is 11.8. The number of halogens is 1. The van der Waals surface area contributed by atoms with Gasteiger partial charge >= 0.3 is 0 Å². The fourth-order valence-electron chi connectivity index (χ4n) is 1.30. The molecule has 1 aromatic rings. The Morgan fingerprint density at radius 2 is 2.06 bits per heavy atom. The number of aryl methyl sites for hydroxylation is 1. The first-order valence-corrected chi connectivity index (χ1v) is 7.21. The predicted octanol–water partition coefficient (Wildman–Crippen LogP) is 1.48. The minimum absolute atomic E-state index is 0.0518. The first-order valence-electron chi connectivity index (χ1n) is 4.81.